The molecule has 0 radical (unpaired) electrons. The second kappa shape index (κ2) is 43.0. The number of unbranched alkanes of at least 4 members (excludes halogenated alkanes) is 7. The number of sulfone groups is 1. The van der Waals surface area contributed by atoms with E-state index >= 15 is 0 Å². The Morgan fingerprint density at radius 3 is 1.84 bits per heavy atom. The van der Waals surface area contributed by atoms with Crippen molar-refractivity contribution in [2.75, 3.05) is 102 Å². The lowest BCUT2D eigenvalue weighted by atomic mass is 9.97. The molecule has 1 aromatic rings. The highest BCUT2D eigenvalue weighted by Crippen LogP contribution is 2.16. The summed E-state index contributed by atoms with van der Waals surface area (Å²) in [6, 6.07) is 5.11. The highest BCUT2D eigenvalue weighted by molar-refractivity contribution is 7.99. The van der Waals surface area contributed by atoms with Crippen molar-refractivity contribution < 1.29 is 95.7 Å². The van der Waals surface area contributed by atoms with Crippen LogP contribution in [0.1, 0.15) is 120 Å². The average Bonchev–Trinajstić information content (AvgIpc) is 3.36. The van der Waals surface area contributed by atoms with Gasteiger partial charge >= 0.3 is 17.9 Å². The molecule has 1 aromatic carbocycles. The summed E-state index contributed by atoms with van der Waals surface area (Å²) in [4.78, 5) is 107. The second-order valence-corrected chi connectivity index (χ2v) is 21.3. The summed E-state index contributed by atoms with van der Waals surface area (Å²) in [5, 5.41) is 44.2. The van der Waals surface area contributed by atoms with Crippen molar-refractivity contribution >= 4 is 74.6 Å². The number of hydrogen-bond donors (Lipinski definition) is 7. The van der Waals surface area contributed by atoms with E-state index in [9.17, 15) is 56.7 Å². The molecule has 3 amide bonds. The van der Waals surface area contributed by atoms with Crippen LogP contribution in [0.2, 0.25) is 0 Å². The van der Waals surface area contributed by atoms with E-state index in [1.165, 1.54) is 23.9 Å². The van der Waals surface area contributed by atoms with Crippen molar-refractivity contribution in [2.24, 2.45) is 11.8 Å². The summed E-state index contributed by atoms with van der Waals surface area (Å²) >= 11 is 1.21. The molecule has 76 heavy (non-hydrogen) atoms. The first kappa shape index (κ1) is 69.0. The van der Waals surface area contributed by atoms with Crippen LogP contribution in [0, 0.1) is 11.8 Å². The fraction of sp³-hybridized carbons (Fsp3) is 0.706. The molecule has 0 unspecified atom stereocenters. The molecule has 0 aliphatic carbocycles. The molecule has 0 fully saturated rings. The van der Waals surface area contributed by atoms with Gasteiger partial charge in [-0.2, -0.15) is 11.8 Å². The summed E-state index contributed by atoms with van der Waals surface area (Å²) in [7, 11) is -3.60. The lowest BCUT2D eigenvalue weighted by Crippen LogP contribution is -2.42. The Bertz CT molecular complexity index is 2010. The van der Waals surface area contributed by atoms with E-state index in [1.54, 1.807) is 19.1 Å². The fourth-order valence-electron chi connectivity index (χ4n) is 6.99. The molecule has 0 saturated heterocycles. The molecule has 23 nitrogen and oxygen atoms in total. The fourth-order valence-corrected chi connectivity index (χ4v) is 9.30. The van der Waals surface area contributed by atoms with Gasteiger partial charge in [0.15, 0.2) is 9.84 Å². The van der Waals surface area contributed by atoms with E-state index in [-0.39, 0.29) is 144 Å². The van der Waals surface area contributed by atoms with Crippen LogP contribution in [0.3, 0.4) is 0 Å². The number of hydrogen-bond acceptors (Lipinski definition) is 18. The molecule has 7 N–H and O–H groups in total. The lowest BCUT2D eigenvalue weighted by Gasteiger charge is -2.15. The van der Waals surface area contributed by atoms with Gasteiger partial charge in [0.2, 0.25) is 17.7 Å². The smallest absolute Gasteiger partial charge is 0.335 e. The Morgan fingerprint density at radius 1 is 0.605 bits per heavy atom. The van der Waals surface area contributed by atoms with Crippen LogP contribution in [0.4, 0.5) is 0 Å². The van der Waals surface area contributed by atoms with E-state index in [0.717, 1.165) is 38.5 Å². The first-order valence-electron chi connectivity index (χ1n) is 25.8. The Hall–Kier alpha value is -5.05. The van der Waals surface area contributed by atoms with Gasteiger partial charge in [-0.1, -0.05) is 39.0 Å². The summed E-state index contributed by atoms with van der Waals surface area (Å²) in [6.45, 7) is 2.30. The largest absolute Gasteiger partial charge is 0.494 e. The van der Waals surface area contributed by atoms with E-state index in [0.29, 0.717) is 43.8 Å². The number of thioether (sulfide) groups is 1. The summed E-state index contributed by atoms with van der Waals surface area (Å²) in [5.74, 6) is -6.85. The number of ketones is 3. The molecule has 1 rings (SSSR count). The van der Waals surface area contributed by atoms with E-state index in [2.05, 4.69) is 16.0 Å². The normalized spacial score (nSPS) is 12.5. The van der Waals surface area contributed by atoms with E-state index < -0.39 is 70.5 Å². The molecular weight excluding hydrogens is 1040 g/mol. The first-order valence-corrected chi connectivity index (χ1v) is 28.8. The van der Waals surface area contributed by atoms with Gasteiger partial charge < -0.3 is 60.1 Å². The van der Waals surface area contributed by atoms with Crippen molar-refractivity contribution in [1.82, 2.24) is 16.0 Å². The number of carboxylic acid groups (broad SMARTS) is 3. The maximum atomic E-state index is 12.4. The molecule has 0 aliphatic rings. The molecule has 25 heteroatoms. The number of nitrogens with one attached hydrogen (secondary N) is 3. The van der Waals surface area contributed by atoms with Gasteiger partial charge in [-0.3, -0.25) is 33.6 Å². The van der Waals surface area contributed by atoms with Gasteiger partial charge in [0.05, 0.1) is 69.2 Å². The quantitative estimate of drug-likeness (QED) is 0.0461. The number of aliphatic hydroxyl groups is 1. The number of aliphatic hydroxyl groups excluding tert-OH is 1. The SMILES string of the molecule is C[C@@H](CSCC(=O)NCCCC[C@@H](NC(=O)COCCOCCNC(=O)COCCOCCCC(=O)CCCS(=O)(=O)CC(=O)CCCCCCCCCOc1ccc(C(=O)O)cc1)C(=O)O)C(=O)C[C@@H](CO)C(=O)O. The standard InChI is InChI=1S/C51H81N3O20S2/c1-38(45(58)31-40(32-55)50(64)65)35-75-36-48(61)52-21-9-8-16-44(51(66)67)54-47(60)34-73-29-27-71-25-22-53-46(59)33-72-28-26-70-23-11-14-41(56)15-12-30-76(68,69)37-42(57)13-7-5-3-2-4-6-10-24-74-43-19-17-39(18-20-43)49(62)63/h17-20,38,40,44,55H,2-16,21-37H2,1H3,(H,52,61)(H,53,59)(H,54,60)(H,62,63)(H,64,65)(H,66,67)/t38-,40-,44+/m0/s1. The summed E-state index contributed by atoms with van der Waals surface area (Å²) in [5.41, 5.74) is 0.208. The van der Waals surface area contributed by atoms with Crippen molar-refractivity contribution in [2.45, 2.75) is 116 Å². The minimum atomic E-state index is -3.60. The maximum Gasteiger partial charge on any atom is 0.335 e. The van der Waals surface area contributed by atoms with E-state index in [1.807, 2.05) is 0 Å². The number of Topliss-reactive ketones (excluding diaryl/α,β-unsaturated/α-hetero) is 3. The number of carbonyl (C=O) groups excluding carboxylic acids is 6. The highest BCUT2D eigenvalue weighted by Gasteiger charge is 2.24. The third-order valence-electron chi connectivity index (χ3n) is 11.3. The number of carboxylic acids is 3. The summed E-state index contributed by atoms with van der Waals surface area (Å²) < 4.78 is 51.8. The zero-order valence-corrected chi connectivity index (χ0v) is 45.4. The molecular formula is C51H81N3O20S2. The van der Waals surface area contributed by atoms with Crippen LogP contribution in [0.25, 0.3) is 0 Å². The number of amides is 3. The molecule has 0 saturated carbocycles. The minimum absolute atomic E-state index is 0.0366. The maximum absolute atomic E-state index is 12.4. The molecule has 0 heterocycles. The number of aliphatic carboxylic acids is 2. The van der Waals surface area contributed by atoms with Crippen molar-refractivity contribution in [3.63, 3.8) is 0 Å². The Labute approximate surface area is 449 Å². The van der Waals surface area contributed by atoms with Crippen molar-refractivity contribution in [3.8, 4) is 5.75 Å². The Morgan fingerprint density at radius 2 is 1.20 bits per heavy atom. The number of ether oxygens (including phenoxy) is 5. The lowest BCUT2D eigenvalue weighted by molar-refractivity contribution is -0.145. The third-order valence-corrected chi connectivity index (χ3v) is 14.2. The van der Waals surface area contributed by atoms with Crippen LogP contribution in [0.5, 0.6) is 5.75 Å². The van der Waals surface area contributed by atoms with Crippen LogP contribution in [-0.4, -0.2) is 190 Å². The molecule has 432 valence electrons. The second-order valence-electron chi connectivity index (χ2n) is 18.1. The Kier molecular flexibility index (Phi) is 39.0. The Balaban J connectivity index is 1.96. The molecule has 0 aliphatic heterocycles. The van der Waals surface area contributed by atoms with Gasteiger partial charge in [0, 0.05) is 57.1 Å². The monoisotopic (exact) mass is 1120 g/mol. The van der Waals surface area contributed by atoms with Crippen LogP contribution in [0.15, 0.2) is 24.3 Å². The molecule has 3 atom stereocenters. The van der Waals surface area contributed by atoms with Crippen molar-refractivity contribution in [1.29, 1.82) is 0 Å². The zero-order chi connectivity index (χ0) is 56.4. The predicted octanol–water partition coefficient (Wildman–Crippen LogP) is 3.06. The summed E-state index contributed by atoms with van der Waals surface area (Å²) in [6.07, 6.45) is 8.05. The average molecular weight is 1120 g/mol. The third kappa shape index (κ3) is 37.7. The number of benzene rings is 1. The van der Waals surface area contributed by atoms with E-state index in [4.69, 9.17) is 39.0 Å². The molecule has 0 spiro atoms. The van der Waals surface area contributed by atoms with Gasteiger partial charge in [-0.25, -0.2) is 18.0 Å². The number of rotatable bonds is 51. The van der Waals surface area contributed by atoms with Crippen LogP contribution < -0.4 is 20.7 Å². The van der Waals surface area contributed by atoms with Crippen molar-refractivity contribution in [3.05, 3.63) is 29.8 Å². The first-order chi connectivity index (χ1) is 36.3. The topological polar surface area (TPSA) is 351 Å². The van der Waals surface area contributed by atoms with Gasteiger partial charge in [-0.15, -0.1) is 0 Å². The van der Waals surface area contributed by atoms with Crippen LogP contribution in [-0.2, 0) is 67.1 Å². The highest BCUT2D eigenvalue weighted by atomic mass is 32.2. The van der Waals surface area contributed by atoms with Gasteiger partial charge in [0.1, 0.15) is 48.1 Å². The van der Waals surface area contributed by atoms with Gasteiger partial charge in [-0.05, 0) is 69.2 Å². The van der Waals surface area contributed by atoms with Crippen LogP contribution >= 0.6 is 11.8 Å². The van der Waals surface area contributed by atoms with Gasteiger partial charge in [0.25, 0.3) is 0 Å². The number of carbonyl (C=O) groups is 9. The predicted molar refractivity (Wildman–Crippen MR) is 280 cm³/mol. The number of aromatic carboxylic acids is 1. The zero-order valence-electron chi connectivity index (χ0n) is 43.8. The molecule has 0 bridgehead atoms. The molecule has 0 aromatic heterocycles. The minimum Gasteiger partial charge on any atom is -0.494 e.